The molecule has 7 heteroatoms. The van der Waals surface area contributed by atoms with E-state index in [0.29, 0.717) is 32.0 Å². The first-order chi connectivity index (χ1) is 9.84. The molecule has 0 spiro atoms. The molecule has 0 radical (unpaired) electrons. The molecule has 0 unspecified atom stereocenters. The van der Waals surface area contributed by atoms with E-state index < -0.39 is 19.4 Å². The van der Waals surface area contributed by atoms with Gasteiger partial charge in [0.2, 0.25) is 0 Å². The third-order valence-corrected chi connectivity index (χ3v) is 5.49. The molecule has 0 aliphatic heterocycles. The monoisotopic (exact) mass is 323 g/mol. The van der Waals surface area contributed by atoms with E-state index in [4.69, 9.17) is 13.8 Å². The fourth-order valence-electron chi connectivity index (χ4n) is 2.09. The first-order valence-corrected chi connectivity index (χ1v) is 9.18. The Labute approximate surface area is 128 Å². The Bertz CT molecular complexity index is 338. The summed E-state index contributed by atoms with van der Waals surface area (Å²) in [6, 6.07) is -0.519. The third-order valence-electron chi connectivity index (χ3n) is 2.97. The molecular weight excluding hydrogens is 293 g/mol. The zero-order chi connectivity index (χ0) is 16.5. The first kappa shape index (κ1) is 20.6. The molecule has 0 fully saturated rings. The number of rotatable bonds is 11. The van der Waals surface area contributed by atoms with Gasteiger partial charge in [-0.1, -0.05) is 20.8 Å². The highest BCUT2D eigenvalue weighted by Gasteiger charge is 2.37. The Hall–Kier alpha value is -0.420. The maximum atomic E-state index is 12.8. The molecule has 21 heavy (non-hydrogen) atoms. The van der Waals surface area contributed by atoms with Crippen LogP contribution in [0, 0.1) is 5.92 Å². The van der Waals surface area contributed by atoms with Crippen molar-refractivity contribution in [2.24, 2.45) is 5.92 Å². The Kier molecular flexibility index (Phi) is 10.1. The molecule has 0 rings (SSSR count). The highest BCUT2D eigenvalue weighted by Crippen LogP contribution is 2.53. The van der Waals surface area contributed by atoms with Crippen LogP contribution in [0.5, 0.6) is 0 Å². The van der Waals surface area contributed by atoms with Gasteiger partial charge in [-0.2, -0.15) is 0 Å². The summed E-state index contributed by atoms with van der Waals surface area (Å²) in [5.74, 6) is -0.584. The molecule has 0 aromatic rings. The molecule has 0 saturated heterocycles. The zero-order valence-corrected chi connectivity index (χ0v) is 14.9. The van der Waals surface area contributed by atoms with Crippen molar-refractivity contribution in [1.29, 1.82) is 0 Å². The molecular formula is C14H30NO5P. The number of carbonyl (C=O) groups excluding carboxylic acids is 1. The summed E-state index contributed by atoms with van der Waals surface area (Å²) in [6.07, 6.45) is 1.13. The van der Waals surface area contributed by atoms with Crippen molar-refractivity contribution in [3.63, 3.8) is 0 Å². The van der Waals surface area contributed by atoms with Crippen molar-refractivity contribution >= 4 is 13.6 Å². The second-order valence-electron chi connectivity index (χ2n) is 5.17. The Morgan fingerprint density at radius 3 is 2.00 bits per heavy atom. The van der Waals surface area contributed by atoms with E-state index in [1.54, 1.807) is 13.8 Å². The summed E-state index contributed by atoms with van der Waals surface area (Å²) >= 11 is 0. The van der Waals surface area contributed by atoms with E-state index in [2.05, 4.69) is 5.32 Å². The maximum Gasteiger partial charge on any atom is 0.347 e. The second-order valence-corrected chi connectivity index (χ2v) is 7.39. The summed E-state index contributed by atoms with van der Waals surface area (Å²) < 4.78 is 28.4. The van der Waals surface area contributed by atoms with Gasteiger partial charge in [0.25, 0.3) is 0 Å². The van der Waals surface area contributed by atoms with Crippen molar-refractivity contribution < 1.29 is 23.1 Å². The molecule has 0 aromatic carbocycles. The number of methoxy groups -OCH3 is 1. The minimum atomic E-state index is -3.30. The van der Waals surface area contributed by atoms with Gasteiger partial charge in [0.05, 0.1) is 20.3 Å². The van der Waals surface area contributed by atoms with E-state index >= 15 is 0 Å². The molecule has 0 aliphatic carbocycles. The number of nitrogens with one attached hydrogen (secondary N) is 1. The summed E-state index contributed by atoms with van der Waals surface area (Å²) in [4.78, 5) is 11.9. The highest BCUT2D eigenvalue weighted by atomic mass is 31.2. The second kappa shape index (κ2) is 10.3. The lowest BCUT2D eigenvalue weighted by atomic mass is 10.0. The van der Waals surface area contributed by atoms with Crippen LogP contribution >= 0.6 is 7.60 Å². The standard InChI is InChI=1S/C14H30NO5P/c1-7-13(21(17,19-8-2)20-9-3)15-12(10-11(4)5)14(16)18-6/h11-13,15H,7-10H2,1-6H3/t12-,13-/m1/s1. The maximum absolute atomic E-state index is 12.8. The van der Waals surface area contributed by atoms with Gasteiger partial charge < -0.3 is 13.8 Å². The summed E-state index contributed by atoms with van der Waals surface area (Å²) in [5, 5.41) is 3.11. The highest BCUT2D eigenvalue weighted by molar-refractivity contribution is 7.54. The quantitative estimate of drug-likeness (QED) is 0.465. The van der Waals surface area contributed by atoms with Crippen molar-refractivity contribution in [2.45, 2.75) is 59.3 Å². The van der Waals surface area contributed by atoms with Crippen LogP contribution in [0.2, 0.25) is 0 Å². The summed E-state index contributed by atoms with van der Waals surface area (Å²) in [5.41, 5.74) is 0. The van der Waals surface area contributed by atoms with Crippen molar-refractivity contribution in [3.05, 3.63) is 0 Å². The number of hydrogen-bond donors (Lipinski definition) is 1. The van der Waals surface area contributed by atoms with Gasteiger partial charge in [-0.25, -0.2) is 0 Å². The van der Waals surface area contributed by atoms with Crippen molar-refractivity contribution in [3.8, 4) is 0 Å². The molecule has 6 nitrogen and oxygen atoms in total. The van der Waals surface area contributed by atoms with Gasteiger partial charge in [-0.3, -0.25) is 14.7 Å². The van der Waals surface area contributed by atoms with Gasteiger partial charge >= 0.3 is 13.6 Å². The Balaban J connectivity index is 5.12. The molecule has 1 N–H and O–H groups in total. The molecule has 0 aliphatic rings. The molecule has 0 heterocycles. The molecule has 126 valence electrons. The molecule has 0 amide bonds. The van der Waals surface area contributed by atoms with Gasteiger partial charge in [0, 0.05) is 0 Å². The van der Waals surface area contributed by atoms with E-state index in [1.165, 1.54) is 7.11 Å². The van der Waals surface area contributed by atoms with Crippen LogP contribution in [0.25, 0.3) is 0 Å². The van der Waals surface area contributed by atoms with Crippen molar-refractivity contribution in [2.75, 3.05) is 20.3 Å². The lowest BCUT2D eigenvalue weighted by molar-refractivity contribution is -0.143. The van der Waals surface area contributed by atoms with E-state index in [9.17, 15) is 9.36 Å². The third kappa shape index (κ3) is 6.92. The van der Waals surface area contributed by atoms with Gasteiger partial charge in [-0.05, 0) is 32.6 Å². The van der Waals surface area contributed by atoms with Crippen LogP contribution in [0.1, 0.15) is 47.5 Å². The Morgan fingerprint density at radius 2 is 1.67 bits per heavy atom. The van der Waals surface area contributed by atoms with Crippen LogP contribution in [0.4, 0.5) is 0 Å². The molecule has 2 atom stereocenters. The fraction of sp³-hybridized carbons (Fsp3) is 0.929. The van der Waals surface area contributed by atoms with Gasteiger partial charge in [0.1, 0.15) is 11.8 Å². The minimum Gasteiger partial charge on any atom is -0.468 e. The van der Waals surface area contributed by atoms with Gasteiger partial charge in [-0.15, -0.1) is 0 Å². The van der Waals surface area contributed by atoms with Crippen LogP contribution in [0.15, 0.2) is 0 Å². The predicted molar refractivity (Wildman–Crippen MR) is 83.3 cm³/mol. The number of ether oxygens (including phenoxy) is 1. The summed E-state index contributed by atoms with van der Waals surface area (Å²) in [7, 11) is -1.95. The molecule has 0 bridgehead atoms. The summed E-state index contributed by atoms with van der Waals surface area (Å²) in [6.45, 7) is 10.0. The first-order valence-electron chi connectivity index (χ1n) is 7.57. The Morgan fingerprint density at radius 1 is 1.14 bits per heavy atom. The lowest BCUT2D eigenvalue weighted by Crippen LogP contribution is -2.44. The largest absolute Gasteiger partial charge is 0.468 e. The number of carbonyl (C=O) groups is 1. The van der Waals surface area contributed by atoms with Gasteiger partial charge in [0.15, 0.2) is 0 Å². The van der Waals surface area contributed by atoms with E-state index in [-0.39, 0.29) is 5.97 Å². The smallest absolute Gasteiger partial charge is 0.347 e. The number of hydrogen-bond acceptors (Lipinski definition) is 6. The number of esters is 1. The zero-order valence-electron chi connectivity index (χ0n) is 14.0. The van der Waals surface area contributed by atoms with E-state index in [0.717, 1.165) is 0 Å². The topological polar surface area (TPSA) is 73.9 Å². The SMILES string of the molecule is CCOP(=O)(OCC)[C@H](CC)N[C@H](CC(C)C)C(=O)OC. The minimum absolute atomic E-state index is 0.294. The molecule has 0 aromatic heterocycles. The normalized spacial score (nSPS) is 15.0. The molecule has 0 saturated carbocycles. The average molecular weight is 323 g/mol. The average Bonchev–Trinajstić information content (AvgIpc) is 2.42. The predicted octanol–water partition coefficient (Wildman–Crippen LogP) is 3.17. The lowest BCUT2D eigenvalue weighted by Gasteiger charge is -2.29. The van der Waals surface area contributed by atoms with Crippen molar-refractivity contribution in [1.82, 2.24) is 5.32 Å². The van der Waals surface area contributed by atoms with E-state index in [1.807, 2.05) is 20.8 Å². The van der Waals surface area contributed by atoms with Crippen LogP contribution in [-0.4, -0.2) is 38.1 Å². The van der Waals surface area contributed by atoms with Crippen LogP contribution in [-0.2, 0) is 23.1 Å². The van der Waals surface area contributed by atoms with Crippen LogP contribution < -0.4 is 5.32 Å². The van der Waals surface area contributed by atoms with Crippen LogP contribution in [0.3, 0.4) is 0 Å². The fourth-order valence-corrected chi connectivity index (χ4v) is 4.05.